The molecule has 100 valence electrons. The van der Waals surface area contributed by atoms with Crippen molar-refractivity contribution in [2.75, 3.05) is 6.54 Å². The molecule has 3 heterocycles. The van der Waals surface area contributed by atoms with Crippen LogP contribution < -0.4 is 10.9 Å². The lowest BCUT2D eigenvalue weighted by molar-refractivity contribution is 0.523. The standard InChI is InChI=1S/C13H17N5O/c1-17-11(2-6-15-17)4-7-18-13(19)8-10-9-14-5-3-12(10)16-18/h2,6,8,14H,3-5,7,9H2,1H3. The van der Waals surface area contributed by atoms with Crippen LogP contribution in [0, 0.1) is 0 Å². The van der Waals surface area contributed by atoms with Crippen molar-refractivity contribution in [1.82, 2.24) is 24.9 Å². The summed E-state index contributed by atoms with van der Waals surface area (Å²) in [6, 6.07) is 3.67. The molecule has 0 bridgehead atoms. The normalized spacial score (nSPS) is 14.4. The van der Waals surface area contributed by atoms with Gasteiger partial charge in [-0.25, -0.2) is 4.68 Å². The summed E-state index contributed by atoms with van der Waals surface area (Å²) in [5.74, 6) is 0. The van der Waals surface area contributed by atoms with Gasteiger partial charge in [-0.05, 0) is 11.6 Å². The maximum atomic E-state index is 12.0. The molecular formula is C13H17N5O. The third kappa shape index (κ3) is 2.44. The molecule has 0 spiro atoms. The van der Waals surface area contributed by atoms with Gasteiger partial charge in [-0.2, -0.15) is 10.2 Å². The van der Waals surface area contributed by atoms with E-state index >= 15 is 0 Å². The van der Waals surface area contributed by atoms with Crippen molar-refractivity contribution in [2.24, 2.45) is 7.05 Å². The minimum absolute atomic E-state index is 0.0235. The summed E-state index contributed by atoms with van der Waals surface area (Å²) in [4.78, 5) is 12.0. The topological polar surface area (TPSA) is 64.7 Å². The van der Waals surface area contributed by atoms with Gasteiger partial charge in [0.05, 0.1) is 12.2 Å². The van der Waals surface area contributed by atoms with Crippen LogP contribution in [-0.2, 0) is 33.0 Å². The molecule has 19 heavy (non-hydrogen) atoms. The van der Waals surface area contributed by atoms with E-state index in [0.29, 0.717) is 6.54 Å². The van der Waals surface area contributed by atoms with E-state index in [-0.39, 0.29) is 5.56 Å². The zero-order valence-electron chi connectivity index (χ0n) is 11.0. The largest absolute Gasteiger partial charge is 0.312 e. The number of fused-ring (bicyclic) bond motifs is 1. The Morgan fingerprint density at radius 2 is 2.37 bits per heavy atom. The van der Waals surface area contributed by atoms with Crippen molar-refractivity contribution in [3.63, 3.8) is 0 Å². The summed E-state index contributed by atoms with van der Waals surface area (Å²) in [7, 11) is 1.91. The molecule has 1 aliphatic rings. The van der Waals surface area contributed by atoms with Crippen LogP contribution >= 0.6 is 0 Å². The predicted molar refractivity (Wildman–Crippen MR) is 70.8 cm³/mol. The Balaban J connectivity index is 1.81. The lowest BCUT2D eigenvalue weighted by Crippen LogP contribution is -2.32. The first-order valence-corrected chi connectivity index (χ1v) is 6.51. The first-order valence-electron chi connectivity index (χ1n) is 6.51. The van der Waals surface area contributed by atoms with Crippen LogP contribution in [0.25, 0.3) is 0 Å². The van der Waals surface area contributed by atoms with E-state index in [9.17, 15) is 4.79 Å². The van der Waals surface area contributed by atoms with Gasteiger partial charge in [-0.15, -0.1) is 0 Å². The molecule has 0 amide bonds. The van der Waals surface area contributed by atoms with E-state index in [1.54, 1.807) is 16.9 Å². The lowest BCUT2D eigenvalue weighted by atomic mass is 10.1. The van der Waals surface area contributed by atoms with Crippen LogP contribution in [-0.4, -0.2) is 26.1 Å². The Morgan fingerprint density at radius 1 is 1.47 bits per heavy atom. The number of hydrogen-bond donors (Lipinski definition) is 1. The van der Waals surface area contributed by atoms with Crippen LogP contribution in [0.15, 0.2) is 23.1 Å². The van der Waals surface area contributed by atoms with Crippen molar-refractivity contribution < 1.29 is 0 Å². The Morgan fingerprint density at radius 3 is 3.16 bits per heavy atom. The van der Waals surface area contributed by atoms with Crippen molar-refractivity contribution >= 4 is 0 Å². The molecule has 0 atom stereocenters. The lowest BCUT2D eigenvalue weighted by Gasteiger charge is -2.17. The molecule has 2 aromatic rings. The van der Waals surface area contributed by atoms with Gasteiger partial charge in [0.15, 0.2) is 0 Å². The van der Waals surface area contributed by atoms with Crippen molar-refractivity contribution in [3.05, 3.63) is 45.6 Å². The second-order valence-corrected chi connectivity index (χ2v) is 4.80. The molecule has 0 saturated heterocycles. The average molecular weight is 259 g/mol. The molecule has 1 aliphatic heterocycles. The van der Waals surface area contributed by atoms with Gasteiger partial charge in [0.25, 0.3) is 5.56 Å². The number of nitrogens with one attached hydrogen (secondary N) is 1. The minimum atomic E-state index is -0.0235. The Hall–Kier alpha value is -1.95. The Labute approximate surface area is 111 Å². The second-order valence-electron chi connectivity index (χ2n) is 4.80. The van der Waals surface area contributed by atoms with Crippen molar-refractivity contribution in [2.45, 2.75) is 25.9 Å². The molecule has 0 aliphatic carbocycles. The second kappa shape index (κ2) is 4.97. The zero-order valence-corrected chi connectivity index (χ0v) is 11.0. The minimum Gasteiger partial charge on any atom is -0.312 e. The summed E-state index contributed by atoms with van der Waals surface area (Å²) in [5, 5.41) is 11.8. The molecule has 0 radical (unpaired) electrons. The van der Waals surface area contributed by atoms with Crippen molar-refractivity contribution in [1.29, 1.82) is 0 Å². The highest BCUT2D eigenvalue weighted by molar-refractivity contribution is 5.20. The highest BCUT2D eigenvalue weighted by atomic mass is 16.1. The van der Waals surface area contributed by atoms with E-state index < -0.39 is 0 Å². The fourth-order valence-electron chi connectivity index (χ4n) is 2.39. The number of hydrogen-bond acceptors (Lipinski definition) is 4. The third-order valence-corrected chi connectivity index (χ3v) is 3.52. The fourth-order valence-corrected chi connectivity index (χ4v) is 2.39. The highest BCUT2D eigenvalue weighted by Crippen LogP contribution is 2.08. The van der Waals surface area contributed by atoms with Gasteiger partial charge in [0, 0.05) is 50.9 Å². The smallest absolute Gasteiger partial charge is 0.267 e. The summed E-state index contributed by atoms with van der Waals surface area (Å²) >= 11 is 0. The van der Waals surface area contributed by atoms with E-state index in [1.165, 1.54) is 0 Å². The number of aryl methyl sites for hydroxylation is 3. The molecule has 6 nitrogen and oxygen atoms in total. The molecule has 0 aromatic carbocycles. The Bertz CT molecular complexity index is 643. The zero-order chi connectivity index (χ0) is 13.2. The van der Waals surface area contributed by atoms with E-state index in [0.717, 1.165) is 42.9 Å². The molecule has 2 aromatic heterocycles. The van der Waals surface area contributed by atoms with Gasteiger partial charge in [-0.3, -0.25) is 9.48 Å². The van der Waals surface area contributed by atoms with E-state index in [1.807, 2.05) is 17.8 Å². The van der Waals surface area contributed by atoms with Crippen molar-refractivity contribution in [3.8, 4) is 0 Å². The molecule has 1 N–H and O–H groups in total. The number of nitrogens with zero attached hydrogens (tertiary/aromatic N) is 4. The van der Waals surface area contributed by atoms with Gasteiger partial charge in [0.1, 0.15) is 0 Å². The van der Waals surface area contributed by atoms with Gasteiger partial charge >= 0.3 is 0 Å². The molecule has 0 unspecified atom stereocenters. The summed E-state index contributed by atoms with van der Waals surface area (Å²) in [6.07, 6.45) is 3.42. The third-order valence-electron chi connectivity index (χ3n) is 3.52. The summed E-state index contributed by atoms with van der Waals surface area (Å²) < 4.78 is 3.39. The first-order chi connectivity index (χ1) is 9.24. The monoisotopic (exact) mass is 259 g/mol. The maximum Gasteiger partial charge on any atom is 0.267 e. The Kier molecular flexibility index (Phi) is 3.16. The van der Waals surface area contributed by atoms with Crippen LogP contribution in [0.3, 0.4) is 0 Å². The van der Waals surface area contributed by atoms with E-state index in [2.05, 4.69) is 15.5 Å². The van der Waals surface area contributed by atoms with Crippen LogP contribution in [0.1, 0.15) is 17.0 Å². The average Bonchev–Trinajstić information content (AvgIpc) is 2.82. The molecule has 3 rings (SSSR count). The fraction of sp³-hybridized carbons (Fsp3) is 0.462. The predicted octanol–water partition coefficient (Wildman–Crippen LogP) is -0.135. The van der Waals surface area contributed by atoms with Crippen LogP contribution in [0.5, 0.6) is 0 Å². The van der Waals surface area contributed by atoms with Gasteiger partial charge in [0.2, 0.25) is 0 Å². The maximum absolute atomic E-state index is 12.0. The van der Waals surface area contributed by atoms with Crippen LogP contribution in [0.2, 0.25) is 0 Å². The number of rotatable bonds is 3. The summed E-state index contributed by atoms with van der Waals surface area (Å²) in [5.41, 5.74) is 3.16. The van der Waals surface area contributed by atoms with Gasteiger partial charge < -0.3 is 5.32 Å². The molecular weight excluding hydrogens is 242 g/mol. The molecule has 6 heteroatoms. The first kappa shape index (κ1) is 12.1. The summed E-state index contributed by atoms with van der Waals surface area (Å²) in [6.45, 7) is 2.28. The van der Waals surface area contributed by atoms with E-state index in [4.69, 9.17) is 0 Å². The highest BCUT2D eigenvalue weighted by Gasteiger charge is 2.12. The van der Waals surface area contributed by atoms with Gasteiger partial charge in [-0.1, -0.05) is 0 Å². The van der Waals surface area contributed by atoms with Crippen LogP contribution in [0.4, 0.5) is 0 Å². The molecule has 0 saturated carbocycles. The molecule has 0 fully saturated rings. The quantitative estimate of drug-likeness (QED) is 0.833. The SMILES string of the molecule is Cn1nccc1CCn1nc2c(cc1=O)CNCC2. The number of aromatic nitrogens is 4.